The van der Waals surface area contributed by atoms with Crippen LogP contribution < -0.4 is 0 Å². The maximum absolute atomic E-state index is 11.1. The lowest BCUT2D eigenvalue weighted by molar-refractivity contribution is 0.114. The van der Waals surface area contributed by atoms with E-state index in [1.165, 1.54) is 0 Å². The molecule has 1 rings (SSSR count). The molecule has 0 aliphatic carbocycles. The first-order valence-electron chi connectivity index (χ1n) is 4.72. The Hall–Kier alpha value is -0.610. The SMILES string of the molecule is Cc1ncn(CC(O)(P(=O)(O)O)P(=O)(O)O)c1C.O.O. The molecule has 1 aromatic heterocycles. The van der Waals surface area contributed by atoms with Gasteiger partial charge in [0.2, 0.25) is 0 Å². The van der Waals surface area contributed by atoms with Crippen LogP contribution in [0, 0.1) is 13.8 Å². The molecule has 120 valence electrons. The van der Waals surface area contributed by atoms with Gasteiger partial charge in [-0.25, -0.2) is 4.98 Å². The van der Waals surface area contributed by atoms with Crippen molar-refractivity contribution in [2.24, 2.45) is 0 Å². The average Bonchev–Trinajstić information content (AvgIpc) is 2.46. The van der Waals surface area contributed by atoms with Crippen LogP contribution in [0.15, 0.2) is 6.33 Å². The molecule has 0 amide bonds. The first-order chi connectivity index (χ1) is 7.90. The number of nitrogens with zero attached hydrogens (tertiary/aromatic N) is 2. The van der Waals surface area contributed by atoms with Crippen molar-refractivity contribution in [1.29, 1.82) is 0 Å². The third kappa shape index (κ3) is 3.73. The lowest BCUT2D eigenvalue weighted by atomic mass is 10.4. The lowest BCUT2D eigenvalue weighted by Crippen LogP contribution is -2.34. The van der Waals surface area contributed by atoms with Gasteiger partial charge >= 0.3 is 15.2 Å². The van der Waals surface area contributed by atoms with Crippen molar-refractivity contribution >= 4 is 15.2 Å². The highest BCUT2D eigenvalue weighted by Gasteiger charge is 2.59. The van der Waals surface area contributed by atoms with E-state index in [1.54, 1.807) is 13.8 Å². The normalized spacial score (nSPS) is 12.6. The molecule has 0 saturated carbocycles. The van der Waals surface area contributed by atoms with Crippen molar-refractivity contribution in [1.82, 2.24) is 9.55 Å². The Morgan fingerprint density at radius 2 is 1.55 bits per heavy atom. The second-order valence-corrected chi connectivity index (χ2v) is 7.91. The summed E-state index contributed by atoms with van der Waals surface area (Å²) in [5, 5.41) is 6.24. The third-order valence-corrected chi connectivity index (χ3v) is 6.37. The van der Waals surface area contributed by atoms with Crippen molar-refractivity contribution in [3.8, 4) is 0 Å². The van der Waals surface area contributed by atoms with E-state index in [1.807, 2.05) is 0 Å². The molecule has 13 heteroatoms. The monoisotopic (exact) mass is 336 g/mol. The number of aryl methyl sites for hydroxylation is 1. The van der Waals surface area contributed by atoms with Crippen LogP contribution in [0.1, 0.15) is 11.4 Å². The molecule has 0 bridgehead atoms. The van der Waals surface area contributed by atoms with Gasteiger partial charge in [-0.15, -0.1) is 0 Å². The fraction of sp³-hybridized carbons (Fsp3) is 0.571. The van der Waals surface area contributed by atoms with Crippen molar-refractivity contribution in [3.05, 3.63) is 17.7 Å². The highest BCUT2D eigenvalue weighted by atomic mass is 31.2. The Labute approximate surface area is 113 Å². The summed E-state index contributed by atoms with van der Waals surface area (Å²) in [5.41, 5.74) is 0.962. The van der Waals surface area contributed by atoms with Gasteiger partial charge in [0.05, 0.1) is 18.6 Å². The highest BCUT2D eigenvalue weighted by Crippen LogP contribution is 2.68. The van der Waals surface area contributed by atoms with E-state index < -0.39 is 26.8 Å². The van der Waals surface area contributed by atoms with Gasteiger partial charge in [0, 0.05) is 5.69 Å². The van der Waals surface area contributed by atoms with Gasteiger partial charge in [-0.3, -0.25) is 9.13 Å². The summed E-state index contributed by atoms with van der Waals surface area (Å²) in [5.74, 6) is 0. The molecule has 0 atom stereocenters. The summed E-state index contributed by atoms with van der Waals surface area (Å²) < 4.78 is 23.4. The first-order valence-corrected chi connectivity index (χ1v) is 7.94. The van der Waals surface area contributed by atoms with Crippen LogP contribution in [0.3, 0.4) is 0 Å². The average molecular weight is 336 g/mol. The summed E-state index contributed by atoms with van der Waals surface area (Å²) in [6.45, 7) is 2.20. The summed E-state index contributed by atoms with van der Waals surface area (Å²) in [6.07, 6.45) is 1.14. The molecule has 0 aliphatic rings. The van der Waals surface area contributed by atoms with Crippen molar-refractivity contribution in [2.45, 2.75) is 25.5 Å². The second kappa shape index (κ2) is 6.44. The lowest BCUT2D eigenvalue weighted by Gasteiger charge is -2.29. The van der Waals surface area contributed by atoms with Gasteiger partial charge in [-0.1, -0.05) is 0 Å². The van der Waals surface area contributed by atoms with Crippen molar-refractivity contribution in [3.63, 3.8) is 0 Å². The van der Waals surface area contributed by atoms with E-state index in [4.69, 9.17) is 19.6 Å². The minimum atomic E-state index is -5.44. The molecule has 1 aromatic rings. The quantitative estimate of drug-likeness (QED) is 0.381. The van der Waals surface area contributed by atoms with E-state index in [0.717, 1.165) is 10.9 Å². The van der Waals surface area contributed by atoms with Gasteiger partial charge in [-0.2, -0.15) is 0 Å². The largest absolute Gasteiger partial charge is 0.412 e. The Kier molecular flexibility index (Phi) is 6.98. The molecule has 11 nitrogen and oxygen atoms in total. The standard InChI is InChI=1S/C7H14N2O7P2.2H2O/c1-5-6(2)9(4-8-5)3-7(10,17(11,12)13)18(14,15)16;;/h4,10H,3H2,1-2H3,(H2,11,12,13)(H2,14,15,16);2*1H2. The van der Waals surface area contributed by atoms with Crippen LogP contribution in [0.5, 0.6) is 0 Å². The topological polar surface area (TPSA) is 216 Å². The van der Waals surface area contributed by atoms with E-state index in [9.17, 15) is 14.2 Å². The zero-order valence-electron chi connectivity index (χ0n) is 10.6. The predicted molar refractivity (Wildman–Crippen MR) is 68.0 cm³/mol. The molecule has 0 aliphatic heterocycles. The van der Waals surface area contributed by atoms with Crippen LogP contribution in [-0.2, 0) is 15.7 Å². The fourth-order valence-corrected chi connectivity index (χ4v) is 3.32. The van der Waals surface area contributed by atoms with E-state index in [-0.39, 0.29) is 11.0 Å². The van der Waals surface area contributed by atoms with Gasteiger partial charge in [0.15, 0.2) is 0 Å². The number of hydrogen-bond acceptors (Lipinski definition) is 4. The predicted octanol–water partition coefficient (Wildman–Crippen LogP) is -2.15. The van der Waals surface area contributed by atoms with Crippen LogP contribution in [-0.4, -0.2) is 50.3 Å². The Balaban J connectivity index is 0. The van der Waals surface area contributed by atoms with Crippen LogP contribution in [0.4, 0.5) is 0 Å². The Morgan fingerprint density at radius 3 is 1.80 bits per heavy atom. The highest BCUT2D eigenvalue weighted by molar-refractivity contribution is 7.72. The molecule has 0 fully saturated rings. The minimum Gasteiger partial charge on any atom is -0.412 e. The molecule has 1 heterocycles. The van der Waals surface area contributed by atoms with Crippen LogP contribution >= 0.6 is 15.2 Å². The molecule has 0 spiro atoms. The van der Waals surface area contributed by atoms with E-state index >= 15 is 0 Å². The number of rotatable bonds is 4. The van der Waals surface area contributed by atoms with Crippen LogP contribution in [0.25, 0.3) is 0 Å². The smallest absolute Gasteiger partial charge is 0.371 e. The zero-order valence-corrected chi connectivity index (χ0v) is 12.4. The maximum Gasteiger partial charge on any atom is 0.371 e. The minimum absolute atomic E-state index is 0. The van der Waals surface area contributed by atoms with Crippen LogP contribution in [0.2, 0.25) is 0 Å². The number of aromatic nitrogens is 2. The molecule has 20 heavy (non-hydrogen) atoms. The second-order valence-electron chi connectivity index (χ2n) is 3.91. The van der Waals surface area contributed by atoms with Gasteiger partial charge < -0.3 is 40.2 Å². The zero-order chi connectivity index (χ0) is 14.4. The molecule has 0 aromatic carbocycles. The Bertz CT molecular complexity index is 522. The summed E-state index contributed by atoms with van der Waals surface area (Å²) >= 11 is 0. The third-order valence-electron chi connectivity index (χ3n) is 2.66. The Morgan fingerprint density at radius 1 is 1.15 bits per heavy atom. The summed E-state index contributed by atoms with van der Waals surface area (Å²) in [7, 11) is -10.9. The van der Waals surface area contributed by atoms with E-state index in [2.05, 4.69) is 4.98 Å². The molecular formula is C7H18N2O9P2. The maximum atomic E-state index is 11.1. The number of aliphatic hydroxyl groups is 1. The fourth-order valence-electron chi connectivity index (χ4n) is 1.29. The molecule has 0 unspecified atom stereocenters. The van der Waals surface area contributed by atoms with Gasteiger partial charge in [0.25, 0.3) is 5.08 Å². The molecule has 0 radical (unpaired) electrons. The van der Waals surface area contributed by atoms with Crippen molar-refractivity contribution in [2.75, 3.05) is 0 Å². The summed E-state index contributed by atoms with van der Waals surface area (Å²) in [4.78, 5) is 39.7. The van der Waals surface area contributed by atoms with Gasteiger partial charge in [-0.05, 0) is 13.8 Å². The molecule has 0 saturated heterocycles. The number of hydrogen-bond donors (Lipinski definition) is 5. The molecule has 9 N–H and O–H groups in total. The number of imidazole rings is 1. The van der Waals surface area contributed by atoms with Gasteiger partial charge in [0.1, 0.15) is 0 Å². The first kappa shape index (κ1) is 21.7. The van der Waals surface area contributed by atoms with E-state index in [0.29, 0.717) is 11.4 Å². The molecular weight excluding hydrogens is 318 g/mol. The van der Waals surface area contributed by atoms with Crippen molar-refractivity contribution < 1.29 is 44.8 Å². The summed E-state index contributed by atoms with van der Waals surface area (Å²) in [6, 6.07) is 0.